The van der Waals surface area contributed by atoms with Gasteiger partial charge in [-0.1, -0.05) is 0 Å². The zero-order chi connectivity index (χ0) is 21.0. The fraction of sp³-hybridized carbons (Fsp3) is 0.500. The smallest absolute Gasteiger partial charge is 0.410 e. The largest absolute Gasteiger partial charge is 0.496 e. The predicted molar refractivity (Wildman–Crippen MR) is 109 cm³/mol. The summed E-state index contributed by atoms with van der Waals surface area (Å²) in [6.45, 7) is 7.87. The Kier molecular flexibility index (Phi) is 6.12. The van der Waals surface area contributed by atoms with Gasteiger partial charge in [0.25, 0.3) is 0 Å². The molecule has 0 spiro atoms. The zero-order valence-electron chi connectivity index (χ0n) is 17.5. The Morgan fingerprint density at radius 2 is 2.03 bits per heavy atom. The van der Waals surface area contributed by atoms with E-state index in [0.29, 0.717) is 30.3 Å². The molecule has 2 aromatic rings. The van der Waals surface area contributed by atoms with Crippen LogP contribution in [0.4, 0.5) is 4.79 Å². The number of nitrogens with zero attached hydrogens (tertiary/aromatic N) is 4. The van der Waals surface area contributed by atoms with E-state index >= 15 is 0 Å². The Morgan fingerprint density at radius 3 is 2.66 bits per heavy atom. The summed E-state index contributed by atoms with van der Waals surface area (Å²) < 4.78 is 12.8. The summed E-state index contributed by atoms with van der Waals surface area (Å²) in [5, 5.41) is 13.6. The number of nitriles is 1. The van der Waals surface area contributed by atoms with Gasteiger partial charge in [0.05, 0.1) is 24.9 Å². The van der Waals surface area contributed by atoms with Gasteiger partial charge in [-0.3, -0.25) is 4.68 Å². The van der Waals surface area contributed by atoms with Crippen LogP contribution in [0, 0.1) is 17.2 Å². The highest BCUT2D eigenvalue weighted by Gasteiger charge is 2.27. The summed E-state index contributed by atoms with van der Waals surface area (Å²) in [4.78, 5) is 14.0. The van der Waals surface area contributed by atoms with Crippen molar-refractivity contribution in [2.45, 2.75) is 45.8 Å². The summed E-state index contributed by atoms with van der Waals surface area (Å²) in [6, 6.07) is 7.53. The van der Waals surface area contributed by atoms with E-state index in [1.165, 1.54) is 0 Å². The normalized spacial score (nSPS) is 15.1. The van der Waals surface area contributed by atoms with Crippen LogP contribution in [0.15, 0.2) is 30.6 Å². The van der Waals surface area contributed by atoms with Crippen molar-refractivity contribution in [1.29, 1.82) is 5.26 Å². The molecule has 0 unspecified atom stereocenters. The van der Waals surface area contributed by atoms with Crippen molar-refractivity contribution < 1.29 is 14.3 Å². The molecule has 0 aliphatic carbocycles. The molecule has 154 valence electrons. The van der Waals surface area contributed by atoms with Crippen LogP contribution in [0.25, 0.3) is 11.1 Å². The molecule has 1 amide bonds. The molecule has 1 fully saturated rings. The van der Waals surface area contributed by atoms with Crippen LogP contribution in [-0.4, -0.2) is 46.6 Å². The highest BCUT2D eigenvalue weighted by atomic mass is 16.6. The summed E-state index contributed by atoms with van der Waals surface area (Å²) in [5.74, 6) is 1.12. The van der Waals surface area contributed by atoms with Gasteiger partial charge in [-0.25, -0.2) is 4.79 Å². The molecule has 3 rings (SSSR count). The quantitative estimate of drug-likeness (QED) is 0.778. The van der Waals surface area contributed by atoms with Gasteiger partial charge in [-0.15, -0.1) is 0 Å². The number of amides is 1. The number of methoxy groups -OCH3 is 1. The lowest BCUT2D eigenvalue weighted by Gasteiger charge is -2.33. The fourth-order valence-electron chi connectivity index (χ4n) is 3.49. The van der Waals surface area contributed by atoms with E-state index in [9.17, 15) is 4.79 Å². The minimum absolute atomic E-state index is 0.231. The molecule has 0 bridgehead atoms. The van der Waals surface area contributed by atoms with Crippen LogP contribution in [0.5, 0.6) is 5.75 Å². The van der Waals surface area contributed by atoms with Gasteiger partial charge in [0, 0.05) is 37.0 Å². The Bertz CT molecular complexity index is 900. The van der Waals surface area contributed by atoms with Crippen molar-refractivity contribution in [3.8, 4) is 22.9 Å². The molecule has 29 heavy (non-hydrogen) atoms. The number of ether oxygens (including phenoxy) is 2. The van der Waals surface area contributed by atoms with E-state index < -0.39 is 5.60 Å². The number of benzene rings is 1. The highest BCUT2D eigenvalue weighted by Crippen LogP contribution is 2.31. The number of rotatable bonds is 4. The van der Waals surface area contributed by atoms with Gasteiger partial charge in [-0.05, 0) is 57.7 Å². The van der Waals surface area contributed by atoms with Crippen LogP contribution in [0.3, 0.4) is 0 Å². The summed E-state index contributed by atoms with van der Waals surface area (Å²) in [5.41, 5.74) is 1.97. The Balaban J connectivity index is 1.59. The first kappa shape index (κ1) is 20.7. The predicted octanol–water partition coefficient (Wildman–Crippen LogP) is 4.08. The molecule has 7 nitrogen and oxygen atoms in total. The third kappa shape index (κ3) is 5.29. The molecule has 0 N–H and O–H groups in total. The topological polar surface area (TPSA) is 80.4 Å². The van der Waals surface area contributed by atoms with Crippen LogP contribution < -0.4 is 4.74 Å². The minimum atomic E-state index is -0.466. The average Bonchev–Trinajstić information content (AvgIpc) is 3.14. The number of carbonyl (C=O) groups excluding carboxylic acids is 1. The molecular formula is C22H28N4O3. The van der Waals surface area contributed by atoms with E-state index in [1.54, 1.807) is 24.1 Å². The second-order valence-electron chi connectivity index (χ2n) is 8.39. The van der Waals surface area contributed by atoms with Crippen LogP contribution in [0.2, 0.25) is 0 Å². The molecule has 1 saturated heterocycles. The van der Waals surface area contributed by atoms with Crippen LogP contribution >= 0.6 is 0 Å². The third-order valence-electron chi connectivity index (χ3n) is 4.99. The molecule has 0 atom stereocenters. The molecule has 7 heteroatoms. The first-order chi connectivity index (χ1) is 13.8. The van der Waals surface area contributed by atoms with E-state index in [1.807, 2.05) is 43.9 Å². The molecule has 0 saturated carbocycles. The van der Waals surface area contributed by atoms with Crippen molar-refractivity contribution >= 4 is 6.09 Å². The van der Waals surface area contributed by atoms with Crippen molar-refractivity contribution in [3.63, 3.8) is 0 Å². The Labute approximate surface area is 171 Å². The van der Waals surface area contributed by atoms with Gasteiger partial charge >= 0.3 is 6.09 Å². The summed E-state index contributed by atoms with van der Waals surface area (Å²) >= 11 is 0. The molecule has 1 aliphatic heterocycles. The van der Waals surface area contributed by atoms with E-state index in [2.05, 4.69) is 11.2 Å². The SMILES string of the molecule is COc1cc(C#N)ccc1-c1cnn(CC2CCN(C(=O)OC(C)(C)C)CC2)c1. The lowest BCUT2D eigenvalue weighted by molar-refractivity contribution is 0.0177. The molecule has 1 aromatic heterocycles. The van der Waals surface area contributed by atoms with Crippen molar-refractivity contribution in [2.75, 3.05) is 20.2 Å². The van der Waals surface area contributed by atoms with Gasteiger partial charge in [0.15, 0.2) is 0 Å². The highest BCUT2D eigenvalue weighted by molar-refractivity contribution is 5.70. The molecular weight excluding hydrogens is 368 g/mol. The fourth-order valence-corrected chi connectivity index (χ4v) is 3.49. The summed E-state index contributed by atoms with van der Waals surface area (Å²) in [6.07, 6.45) is 5.44. The Morgan fingerprint density at radius 1 is 1.31 bits per heavy atom. The number of piperidine rings is 1. The van der Waals surface area contributed by atoms with Gasteiger partial charge in [-0.2, -0.15) is 10.4 Å². The van der Waals surface area contributed by atoms with E-state index in [0.717, 1.165) is 30.5 Å². The van der Waals surface area contributed by atoms with Gasteiger partial charge in [0.2, 0.25) is 0 Å². The second-order valence-corrected chi connectivity index (χ2v) is 8.39. The second kappa shape index (κ2) is 8.56. The van der Waals surface area contributed by atoms with Gasteiger partial charge in [0.1, 0.15) is 11.4 Å². The van der Waals surface area contributed by atoms with E-state index in [-0.39, 0.29) is 6.09 Å². The standard InChI is InChI=1S/C22H28N4O3/c1-22(2,3)29-21(27)25-9-7-16(8-10-25)14-26-15-18(13-24-26)19-6-5-17(12-23)11-20(19)28-4/h5-6,11,13,15-16H,7-10,14H2,1-4H3. The maximum absolute atomic E-state index is 12.2. The van der Waals surface area contributed by atoms with Gasteiger partial charge < -0.3 is 14.4 Å². The zero-order valence-corrected chi connectivity index (χ0v) is 17.5. The lowest BCUT2D eigenvalue weighted by atomic mass is 9.97. The monoisotopic (exact) mass is 396 g/mol. The molecule has 1 aliphatic rings. The van der Waals surface area contributed by atoms with Crippen LogP contribution in [-0.2, 0) is 11.3 Å². The van der Waals surface area contributed by atoms with E-state index in [4.69, 9.17) is 14.7 Å². The Hall–Kier alpha value is -3.01. The lowest BCUT2D eigenvalue weighted by Crippen LogP contribution is -2.42. The first-order valence-electron chi connectivity index (χ1n) is 9.88. The maximum atomic E-state index is 12.2. The summed E-state index contributed by atoms with van der Waals surface area (Å²) in [7, 11) is 1.60. The average molecular weight is 396 g/mol. The molecule has 1 aromatic carbocycles. The number of hydrogen-bond donors (Lipinski definition) is 0. The number of hydrogen-bond acceptors (Lipinski definition) is 5. The number of carbonyl (C=O) groups is 1. The van der Waals surface area contributed by atoms with Crippen molar-refractivity contribution in [3.05, 3.63) is 36.2 Å². The van der Waals surface area contributed by atoms with Crippen molar-refractivity contribution in [1.82, 2.24) is 14.7 Å². The minimum Gasteiger partial charge on any atom is -0.496 e. The number of aromatic nitrogens is 2. The third-order valence-corrected chi connectivity index (χ3v) is 4.99. The van der Waals surface area contributed by atoms with Crippen LogP contribution in [0.1, 0.15) is 39.2 Å². The molecule has 2 heterocycles. The maximum Gasteiger partial charge on any atom is 0.410 e. The van der Waals surface area contributed by atoms with Crippen molar-refractivity contribution in [2.24, 2.45) is 5.92 Å². The first-order valence-corrected chi connectivity index (χ1v) is 9.88. The molecule has 0 radical (unpaired) electrons. The number of likely N-dealkylation sites (tertiary alicyclic amines) is 1.